The Hall–Kier alpha value is -1.95. The molecule has 1 aliphatic rings. The maximum Gasteiger partial charge on any atom is 0.239 e. The summed E-state index contributed by atoms with van der Waals surface area (Å²) in [4.78, 5) is 22.9. The molecule has 0 atom stereocenters. The Bertz CT molecular complexity index is 766. The van der Waals surface area contributed by atoms with Gasteiger partial charge in [-0.1, -0.05) is 11.6 Å². The molecule has 0 unspecified atom stereocenters. The van der Waals surface area contributed by atoms with Gasteiger partial charge in [0.05, 0.1) is 11.9 Å². The highest BCUT2D eigenvalue weighted by Gasteiger charge is 2.12. The number of nitrogens with zero attached hydrogens (tertiary/aromatic N) is 2. The van der Waals surface area contributed by atoms with Crippen LogP contribution < -0.4 is 10.6 Å². The van der Waals surface area contributed by atoms with Crippen molar-refractivity contribution in [2.45, 2.75) is 46.0 Å². The monoisotopic (exact) mass is 344 g/mol. The molecule has 0 bridgehead atoms. The van der Waals surface area contributed by atoms with E-state index in [4.69, 9.17) is 0 Å². The van der Waals surface area contributed by atoms with Crippen LogP contribution in [0.3, 0.4) is 0 Å². The summed E-state index contributed by atoms with van der Waals surface area (Å²) in [5, 5.41) is 7.17. The zero-order valence-electron chi connectivity index (χ0n) is 14.3. The number of allylic oxidation sites excluding steroid dienone is 1. The third-order valence-electron chi connectivity index (χ3n) is 4.54. The third-order valence-corrected chi connectivity index (χ3v) is 5.65. The molecule has 0 aliphatic heterocycles. The zero-order valence-corrected chi connectivity index (χ0v) is 15.1. The van der Waals surface area contributed by atoms with Crippen molar-refractivity contribution >= 4 is 33.3 Å². The molecule has 5 nitrogen and oxygen atoms in total. The second kappa shape index (κ2) is 7.75. The number of fused-ring (bicyclic) bond motifs is 1. The number of carbonyl (C=O) groups excluding carboxylic acids is 1. The van der Waals surface area contributed by atoms with E-state index >= 15 is 0 Å². The normalized spacial score (nSPS) is 14.5. The van der Waals surface area contributed by atoms with Crippen LogP contribution in [0, 0.1) is 13.8 Å². The number of thiophene rings is 1. The number of carbonyl (C=O) groups is 1. The lowest BCUT2D eigenvalue weighted by atomic mass is 9.97. The van der Waals surface area contributed by atoms with Gasteiger partial charge >= 0.3 is 0 Å². The van der Waals surface area contributed by atoms with E-state index in [1.807, 2.05) is 0 Å². The topological polar surface area (TPSA) is 66.9 Å². The predicted octanol–water partition coefficient (Wildman–Crippen LogP) is 3.73. The van der Waals surface area contributed by atoms with E-state index in [2.05, 4.69) is 40.5 Å². The Balaban J connectivity index is 1.52. The fourth-order valence-electron chi connectivity index (χ4n) is 3.04. The maximum atomic E-state index is 12.1. The molecule has 0 saturated heterocycles. The molecule has 0 aromatic carbocycles. The molecule has 0 spiro atoms. The van der Waals surface area contributed by atoms with E-state index in [-0.39, 0.29) is 12.5 Å². The van der Waals surface area contributed by atoms with Crippen LogP contribution in [0.15, 0.2) is 18.0 Å². The second-order valence-corrected chi connectivity index (χ2v) is 7.45. The summed E-state index contributed by atoms with van der Waals surface area (Å²) in [6, 6.07) is 0. The standard InChI is InChI=1S/C18H24N4OS/c1-12-13(2)24-18-16(12)17(21-11-22-18)20-10-15(23)19-9-8-14-6-4-3-5-7-14/h6,11H,3-5,7-10H2,1-2H3,(H,19,23)(H,20,21,22). The molecule has 6 heteroatoms. The molecule has 1 aliphatic carbocycles. The average Bonchev–Trinajstić information content (AvgIpc) is 2.89. The number of aromatic nitrogens is 2. The Morgan fingerprint density at radius 1 is 1.29 bits per heavy atom. The van der Waals surface area contributed by atoms with Gasteiger partial charge in [0.15, 0.2) is 0 Å². The van der Waals surface area contributed by atoms with Gasteiger partial charge < -0.3 is 10.6 Å². The Morgan fingerprint density at radius 2 is 2.17 bits per heavy atom. The van der Waals surface area contributed by atoms with Crippen LogP contribution in [-0.2, 0) is 4.79 Å². The summed E-state index contributed by atoms with van der Waals surface area (Å²) in [5.41, 5.74) is 2.67. The van der Waals surface area contributed by atoms with Gasteiger partial charge in [-0.05, 0) is 51.5 Å². The first-order chi connectivity index (χ1) is 11.6. The van der Waals surface area contributed by atoms with Gasteiger partial charge in [-0.15, -0.1) is 11.3 Å². The van der Waals surface area contributed by atoms with Crippen molar-refractivity contribution in [1.82, 2.24) is 15.3 Å². The molecule has 128 valence electrons. The van der Waals surface area contributed by atoms with Crippen molar-refractivity contribution in [3.8, 4) is 0 Å². The summed E-state index contributed by atoms with van der Waals surface area (Å²) >= 11 is 1.66. The Labute approximate surface area is 146 Å². The molecule has 0 radical (unpaired) electrons. The lowest BCUT2D eigenvalue weighted by Gasteiger charge is -2.13. The largest absolute Gasteiger partial charge is 0.360 e. The van der Waals surface area contributed by atoms with Gasteiger partial charge in [-0.3, -0.25) is 4.79 Å². The zero-order chi connectivity index (χ0) is 16.9. The number of hydrogen-bond donors (Lipinski definition) is 2. The summed E-state index contributed by atoms with van der Waals surface area (Å²) in [7, 11) is 0. The Kier molecular flexibility index (Phi) is 5.45. The van der Waals surface area contributed by atoms with Crippen LogP contribution in [0.25, 0.3) is 10.2 Å². The van der Waals surface area contributed by atoms with Crippen molar-refractivity contribution in [2.75, 3.05) is 18.4 Å². The fourth-order valence-corrected chi connectivity index (χ4v) is 4.03. The molecule has 24 heavy (non-hydrogen) atoms. The van der Waals surface area contributed by atoms with Gasteiger partial charge in [0.2, 0.25) is 5.91 Å². The molecule has 2 aromatic rings. The SMILES string of the molecule is Cc1sc2ncnc(NCC(=O)NCCC3=CCCCC3)c2c1C. The first kappa shape index (κ1) is 16.9. The van der Waals surface area contributed by atoms with Gasteiger partial charge in [-0.25, -0.2) is 9.97 Å². The number of rotatable bonds is 6. The molecular formula is C18H24N4OS. The van der Waals surface area contributed by atoms with Gasteiger partial charge in [0.1, 0.15) is 17.0 Å². The lowest BCUT2D eigenvalue weighted by molar-refractivity contribution is -0.119. The second-order valence-electron chi connectivity index (χ2n) is 6.25. The molecule has 2 N–H and O–H groups in total. The van der Waals surface area contributed by atoms with E-state index in [0.29, 0.717) is 6.54 Å². The van der Waals surface area contributed by atoms with Crippen molar-refractivity contribution in [3.05, 3.63) is 28.4 Å². The third kappa shape index (κ3) is 3.93. The van der Waals surface area contributed by atoms with Crippen molar-refractivity contribution in [2.24, 2.45) is 0 Å². The highest BCUT2D eigenvalue weighted by Crippen LogP contribution is 2.32. The molecule has 3 rings (SSSR count). The van der Waals surface area contributed by atoms with E-state index in [1.165, 1.54) is 41.7 Å². The number of anilines is 1. The Morgan fingerprint density at radius 3 is 2.96 bits per heavy atom. The summed E-state index contributed by atoms with van der Waals surface area (Å²) in [5.74, 6) is 0.745. The van der Waals surface area contributed by atoms with Crippen LogP contribution >= 0.6 is 11.3 Å². The van der Waals surface area contributed by atoms with E-state index in [0.717, 1.165) is 22.5 Å². The molecular weight excluding hydrogens is 320 g/mol. The minimum Gasteiger partial charge on any atom is -0.360 e. The van der Waals surface area contributed by atoms with Crippen molar-refractivity contribution < 1.29 is 4.79 Å². The van der Waals surface area contributed by atoms with Crippen LogP contribution in [0.4, 0.5) is 5.82 Å². The minimum absolute atomic E-state index is 0.00257. The highest BCUT2D eigenvalue weighted by atomic mass is 32.1. The van der Waals surface area contributed by atoms with Gasteiger partial charge in [0.25, 0.3) is 0 Å². The first-order valence-corrected chi connectivity index (χ1v) is 9.36. The average molecular weight is 344 g/mol. The van der Waals surface area contributed by atoms with Crippen LogP contribution in [0.2, 0.25) is 0 Å². The van der Waals surface area contributed by atoms with Crippen molar-refractivity contribution in [3.63, 3.8) is 0 Å². The quantitative estimate of drug-likeness (QED) is 0.784. The van der Waals surface area contributed by atoms with Crippen LogP contribution in [-0.4, -0.2) is 29.0 Å². The predicted molar refractivity (Wildman–Crippen MR) is 99.6 cm³/mol. The van der Waals surface area contributed by atoms with E-state index in [1.54, 1.807) is 17.7 Å². The van der Waals surface area contributed by atoms with E-state index < -0.39 is 0 Å². The van der Waals surface area contributed by atoms with Crippen LogP contribution in [0.5, 0.6) is 0 Å². The smallest absolute Gasteiger partial charge is 0.239 e. The lowest BCUT2D eigenvalue weighted by Crippen LogP contribution is -2.31. The van der Waals surface area contributed by atoms with Gasteiger partial charge in [0, 0.05) is 11.4 Å². The van der Waals surface area contributed by atoms with Gasteiger partial charge in [-0.2, -0.15) is 0 Å². The molecule has 2 heterocycles. The molecule has 2 aromatic heterocycles. The number of nitrogens with one attached hydrogen (secondary N) is 2. The van der Waals surface area contributed by atoms with E-state index in [9.17, 15) is 4.79 Å². The van der Waals surface area contributed by atoms with Crippen molar-refractivity contribution in [1.29, 1.82) is 0 Å². The first-order valence-electron chi connectivity index (χ1n) is 8.54. The molecule has 0 saturated carbocycles. The molecule has 1 amide bonds. The summed E-state index contributed by atoms with van der Waals surface area (Å²) in [6.45, 7) is 5.10. The summed E-state index contributed by atoms with van der Waals surface area (Å²) < 4.78 is 0. The molecule has 0 fully saturated rings. The summed E-state index contributed by atoms with van der Waals surface area (Å²) in [6.07, 6.45) is 9.80. The number of aryl methyl sites for hydroxylation is 2. The highest BCUT2D eigenvalue weighted by molar-refractivity contribution is 7.18. The fraction of sp³-hybridized carbons (Fsp3) is 0.500. The number of amides is 1. The number of hydrogen-bond acceptors (Lipinski definition) is 5. The maximum absolute atomic E-state index is 12.1. The van der Waals surface area contributed by atoms with Crippen LogP contribution in [0.1, 0.15) is 42.5 Å². The minimum atomic E-state index is 0.00257.